The summed E-state index contributed by atoms with van der Waals surface area (Å²) in [5.41, 5.74) is 0. The van der Waals surface area contributed by atoms with E-state index in [1.807, 2.05) is 0 Å². The standard InChI is InChI=1S/C49H92NO18P.Na/c1-4-6-8-10-12-14-16-18-20-22-24-26-28-30-38(53)63-33-36(65-39(54)31-29-27-25-23-21-19-17-15-13-11-9-7-5-2)34-64-69(61,62)68-48-46(60)44(58)43(57)45(59)47(48)67-49-40(50-35(3)52)42(56)41(55)37(32-51)66-49;/h36-37,40-49,51,55-60H,4-34H2,1-3H3,(H,50,52)(H,61,62);/q;+1/p-1/t36-,37-,40-,41-,42-,43-,44-,45+,46-,47-,48-,49-;/m1./s1. The predicted molar refractivity (Wildman–Crippen MR) is 256 cm³/mol. The van der Waals surface area contributed by atoms with E-state index in [4.69, 9.17) is 28.0 Å². The number of esters is 2. The van der Waals surface area contributed by atoms with Crippen LogP contribution in [0.2, 0.25) is 0 Å². The molecule has 0 aromatic heterocycles. The number of aliphatic imine (C=N–C) groups is 1. The SMILES string of the molecule is CCCCCCCCCCCCCCCC(=O)OC[C@H](COP(=O)(O)O[C@@H]1[C@H](O)[C@H](O)[C@@H](O)[C@H](O)[C@H]1O[C@H]1O[C@H](CO)[C@@H](O)[C@H](O)[C@H]1N=C(C)[O-])OC(=O)CCCCCCCCCCCCCCC.[Na+]. The van der Waals surface area contributed by atoms with Crippen molar-refractivity contribution in [2.24, 2.45) is 4.99 Å². The zero-order valence-corrected chi connectivity index (χ0v) is 45.8. The van der Waals surface area contributed by atoms with Gasteiger partial charge in [-0.1, -0.05) is 168 Å². The van der Waals surface area contributed by atoms with Gasteiger partial charge in [0.05, 0.1) is 13.2 Å². The molecule has 406 valence electrons. The Bertz CT molecular complexity index is 1430. The fraction of sp³-hybridized carbons (Fsp3) is 0.939. The molecule has 1 saturated heterocycles. The Balaban J connectivity index is 0.0000245. The van der Waals surface area contributed by atoms with Crippen molar-refractivity contribution in [3.8, 4) is 0 Å². The molecule has 1 heterocycles. The van der Waals surface area contributed by atoms with E-state index in [0.717, 1.165) is 58.3 Å². The summed E-state index contributed by atoms with van der Waals surface area (Å²) in [6, 6.07) is -1.70. The van der Waals surface area contributed by atoms with Gasteiger partial charge in [-0.25, -0.2) is 4.57 Å². The molecule has 2 fully saturated rings. The van der Waals surface area contributed by atoms with Gasteiger partial charge in [-0.2, -0.15) is 0 Å². The third-order valence-corrected chi connectivity index (χ3v) is 13.9. The molecule has 2 aliphatic rings. The normalized spacial score (nSPS) is 27.4. The van der Waals surface area contributed by atoms with E-state index in [0.29, 0.717) is 12.8 Å². The van der Waals surface area contributed by atoms with Crippen LogP contribution in [0.25, 0.3) is 0 Å². The molecule has 1 saturated carbocycles. The van der Waals surface area contributed by atoms with Gasteiger partial charge in [0, 0.05) is 12.8 Å². The summed E-state index contributed by atoms with van der Waals surface area (Å²) >= 11 is 0. The number of hydrogen-bond acceptors (Lipinski definition) is 18. The van der Waals surface area contributed by atoms with E-state index >= 15 is 0 Å². The van der Waals surface area contributed by atoms with Crippen molar-refractivity contribution in [2.75, 3.05) is 19.8 Å². The Labute approximate surface area is 439 Å². The quantitative estimate of drug-likeness (QED) is 0.0109. The summed E-state index contributed by atoms with van der Waals surface area (Å²) in [6.07, 6.45) is 8.00. The Hall–Kier alpha value is -0.840. The second kappa shape index (κ2) is 39.6. The van der Waals surface area contributed by atoms with Crippen molar-refractivity contribution in [3.63, 3.8) is 0 Å². The molecule has 0 aromatic rings. The first-order valence-electron chi connectivity index (χ1n) is 26.3. The van der Waals surface area contributed by atoms with Gasteiger partial charge in [-0.3, -0.25) is 23.6 Å². The largest absolute Gasteiger partial charge is 1.00 e. The Morgan fingerprint density at radius 1 is 0.600 bits per heavy atom. The minimum Gasteiger partial charge on any atom is -0.862 e. The molecule has 0 bridgehead atoms. The van der Waals surface area contributed by atoms with Crippen LogP contribution in [-0.4, -0.2) is 152 Å². The van der Waals surface area contributed by atoms with Gasteiger partial charge in [0.15, 0.2) is 12.4 Å². The first-order chi connectivity index (χ1) is 33.1. The molecule has 0 amide bonds. The zero-order valence-electron chi connectivity index (χ0n) is 42.9. The fourth-order valence-corrected chi connectivity index (χ4v) is 9.67. The van der Waals surface area contributed by atoms with Gasteiger partial charge in [0.1, 0.15) is 67.6 Å². The van der Waals surface area contributed by atoms with Crippen LogP contribution in [0.5, 0.6) is 0 Å². The number of aliphatic hydroxyl groups is 7. The number of unbranched alkanes of at least 4 members (excludes halogenated alkanes) is 24. The molecule has 13 atom stereocenters. The summed E-state index contributed by atoms with van der Waals surface area (Å²) < 4.78 is 46.1. The maximum absolute atomic E-state index is 13.5. The van der Waals surface area contributed by atoms with E-state index in [1.54, 1.807) is 0 Å². The van der Waals surface area contributed by atoms with Crippen molar-refractivity contribution in [1.29, 1.82) is 0 Å². The van der Waals surface area contributed by atoms with Gasteiger partial charge >= 0.3 is 49.3 Å². The molecule has 0 aromatic carbocycles. The smallest absolute Gasteiger partial charge is 0.862 e. The van der Waals surface area contributed by atoms with Crippen LogP contribution >= 0.6 is 7.82 Å². The molecule has 19 nitrogen and oxygen atoms in total. The van der Waals surface area contributed by atoms with Crippen LogP contribution in [0, 0.1) is 0 Å². The van der Waals surface area contributed by atoms with Gasteiger partial charge in [-0.15, -0.1) is 0 Å². The van der Waals surface area contributed by atoms with Crippen LogP contribution < -0.4 is 34.7 Å². The summed E-state index contributed by atoms with van der Waals surface area (Å²) in [5.74, 6) is -2.07. The summed E-state index contributed by atoms with van der Waals surface area (Å²) in [7, 11) is -5.40. The Morgan fingerprint density at radius 2 is 1.01 bits per heavy atom. The number of hydrogen-bond donors (Lipinski definition) is 8. The third-order valence-electron chi connectivity index (χ3n) is 12.9. The first-order valence-corrected chi connectivity index (χ1v) is 27.8. The number of nitrogens with zero attached hydrogens (tertiary/aromatic N) is 1. The fourth-order valence-electron chi connectivity index (χ4n) is 8.70. The molecule has 8 N–H and O–H groups in total. The minimum absolute atomic E-state index is 0. The molecule has 0 radical (unpaired) electrons. The zero-order chi connectivity index (χ0) is 51.0. The number of aliphatic hydroxyl groups excluding tert-OH is 7. The molecular formula is C49H91NNaO18P. The summed E-state index contributed by atoms with van der Waals surface area (Å²) in [6.45, 7) is 3.21. The topological polar surface area (TPSA) is 304 Å². The summed E-state index contributed by atoms with van der Waals surface area (Å²) in [4.78, 5) is 40.4. The number of phosphoric acid groups is 1. The van der Waals surface area contributed by atoms with Crippen molar-refractivity contribution >= 4 is 25.7 Å². The van der Waals surface area contributed by atoms with Gasteiger partial charge < -0.3 is 64.7 Å². The third kappa shape index (κ3) is 27.6. The van der Waals surface area contributed by atoms with Gasteiger partial charge in [0.25, 0.3) is 0 Å². The monoisotopic (exact) mass is 1040 g/mol. The van der Waals surface area contributed by atoms with Gasteiger partial charge in [0.2, 0.25) is 0 Å². The van der Waals surface area contributed by atoms with E-state index < -0.39 is 119 Å². The summed E-state index contributed by atoms with van der Waals surface area (Å²) in [5, 5.41) is 85.8. The average molecular weight is 1040 g/mol. The molecule has 1 aliphatic carbocycles. The molecule has 0 spiro atoms. The molecule has 1 aliphatic heterocycles. The maximum Gasteiger partial charge on any atom is 1.00 e. The van der Waals surface area contributed by atoms with E-state index in [2.05, 4.69) is 18.8 Å². The molecular weight excluding hydrogens is 944 g/mol. The van der Waals surface area contributed by atoms with Crippen LogP contribution in [0.1, 0.15) is 201 Å². The van der Waals surface area contributed by atoms with E-state index in [9.17, 15) is 59.9 Å². The second-order valence-corrected chi connectivity index (χ2v) is 20.4. The van der Waals surface area contributed by atoms with Crippen LogP contribution in [-0.2, 0) is 42.1 Å². The number of carbonyl (C=O) groups excluding carboxylic acids is 2. The number of carbonyl (C=O) groups is 2. The Morgan fingerprint density at radius 3 is 1.44 bits per heavy atom. The maximum atomic E-state index is 13.5. The molecule has 70 heavy (non-hydrogen) atoms. The first kappa shape index (κ1) is 67.2. The van der Waals surface area contributed by atoms with Crippen LogP contribution in [0.3, 0.4) is 0 Å². The minimum atomic E-state index is -5.40. The van der Waals surface area contributed by atoms with Crippen molar-refractivity contribution < 1.29 is 117 Å². The van der Waals surface area contributed by atoms with Crippen LogP contribution in [0.15, 0.2) is 4.99 Å². The van der Waals surface area contributed by atoms with Crippen molar-refractivity contribution in [3.05, 3.63) is 0 Å². The van der Waals surface area contributed by atoms with E-state index in [1.165, 1.54) is 103 Å². The molecule has 21 heteroatoms. The predicted octanol–water partition coefficient (Wildman–Crippen LogP) is 2.34. The average Bonchev–Trinajstić information content (AvgIpc) is 3.32. The number of ether oxygens (including phenoxy) is 4. The van der Waals surface area contributed by atoms with Gasteiger partial charge in [-0.05, 0) is 25.7 Å². The van der Waals surface area contributed by atoms with E-state index in [-0.39, 0.29) is 42.4 Å². The van der Waals surface area contributed by atoms with Crippen molar-refractivity contribution in [2.45, 2.75) is 274 Å². The number of rotatable bonds is 40. The number of phosphoric ester groups is 1. The Kier molecular flexibility index (Phi) is 38.0. The molecule has 1 unspecified atom stereocenters. The van der Waals surface area contributed by atoms with Crippen molar-refractivity contribution in [1.82, 2.24) is 0 Å². The van der Waals surface area contributed by atoms with Crippen LogP contribution in [0.4, 0.5) is 0 Å². The second-order valence-electron chi connectivity index (χ2n) is 19.0. The molecule has 2 rings (SSSR count).